The van der Waals surface area contributed by atoms with Crippen LogP contribution in [0, 0.1) is 13.8 Å². The third-order valence-electron chi connectivity index (χ3n) is 3.30. The molecule has 2 heterocycles. The average molecular weight is 246 g/mol. The second-order valence-corrected chi connectivity index (χ2v) is 4.86. The van der Waals surface area contributed by atoms with Crippen LogP contribution >= 0.6 is 0 Å². The summed E-state index contributed by atoms with van der Waals surface area (Å²) in [6.45, 7) is 7.29. The fraction of sp³-hybridized carbons (Fsp3) is 0.571. The van der Waals surface area contributed by atoms with Gasteiger partial charge in [0.05, 0.1) is 11.4 Å². The molecule has 2 aromatic heterocycles. The summed E-state index contributed by atoms with van der Waals surface area (Å²) in [5, 5.41) is 8.95. The highest BCUT2D eigenvalue weighted by Gasteiger charge is 2.05. The Hall–Kier alpha value is -1.58. The molecule has 0 aliphatic heterocycles. The van der Waals surface area contributed by atoms with E-state index in [2.05, 4.69) is 40.9 Å². The van der Waals surface area contributed by atoms with Gasteiger partial charge in [0.1, 0.15) is 0 Å². The molecule has 4 nitrogen and oxygen atoms in total. The lowest BCUT2D eigenvalue weighted by Gasteiger charge is -2.04. The summed E-state index contributed by atoms with van der Waals surface area (Å²) in [7, 11) is 2.01. The molecule has 2 aromatic rings. The zero-order valence-electron chi connectivity index (χ0n) is 11.8. The monoisotopic (exact) mass is 246 g/mol. The minimum absolute atomic E-state index is 0.982. The molecular weight excluding hydrogens is 224 g/mol. The molecule has 0 bridgehead atoms. The van der Waals surface area contributed by atoms with Crippen LogP contribution in [0.1, 0.15) is 36.1 Å². The Morgan fingerprint density at radius 2 is 1.94 bits per heavy atom. The fourth-order valence-corrected chi connectivity index (χ4v) is 2.29. The van der Waals surface area contributed by atoms with Gasteiger partial charge < -0.3 is 0 Å². The highest BCUT2D eigenvalue weighted by Crippen LogP contribution is 2.08. The predicted molar refractivity (Wildman–Crippen MR) is 72.6 cm³/mol. The first-order valence-corrected chi connectivity index (χ1v) is 6.63. The summed E-state index contributed by atoms with van der Waals surface area (Å²) >= 11 is 0. The Morgan fingerprint density at radius 1 is 1.17 bits per heavy atom. The van der Waals surface area contributed by atoms with Gasteiger partial charge >= 0.3 is 0 Å². The van der Waals surface area contributed by atoms with E-state index in [1.54, 1.807) is 0 Å². The van der Waals surface area contributed by atoms with Gasteiger partial charge in [0.15, 0.2) is 0 Å². The summed E-state index contributed by atoms with van der Waals surface area (Å²) in [6.07, 6.45) is 3.16. The van der Waals surface area contributed by atoms with Crippen molar-refractivity contribution < 1.29 is 0 Å². The molecular formula is C14H22N4. The molecule has 0 aliphatic carbocycles. The molecule has 2 rings (SSSR count). The van der Waals surface area contributed by atoms with Gasteiger partial charge in [-0.15, -0.1) is 0 Å². The van der Waals surface area contributed by atoms with Crippen molar-refractivity contribution in [3.63, 3.8) is 0 Å². The molecule has 0 N–H and O–H groups in total. The topological polar surface area (TPSA) is 35.6 Å². The number of aromatic nitrogens is 4. The van der Waals surface area contributed by atoms with Crippen LogP contribution in [-0.4, -0.2) is 19.6 Å². The molecule has 0 amide bonds. The Bertz CT molecular complexity index is 522. The molecule has 0 fully saturated rings. The van der Waals surface area contributed by atoms with E-state index < -0.39 is 0 Å². The molecule has 0 atom stereocenters. The summed E-state index contributed by atoms with van der Waals surface area (Å²) in [4.78, 5) is 0. The van der Waals surface area contributed by atoms with Crippen molar-refractivity contribution in [2.75, 3.05) is 0 Å². The Morgan fingerprint density at radius 3 is 2.50 bits per heavy atom. The van der Waals surface area contributed by atoms with Crippen molar-refractivity contribution in [2.24, 2.45) is 7.05 Å². The van der Waals surface area contributed by atoms with E-state index in [0.29, 0.717) is 0 Å². The first-order valence-electron chi connectivity index (χ1n) is 6.63. The number of nitrogens with zero attached hydrogens (tertiary/aromatic N) is 4. The largest absolute Gasteiger partial charge is 0.272 e. The van der Waals surface area contributed by atoms with Crippen molar-refractivity contribution in [1.82, 2.24) is 19.6 Å². The number of aryl methyl sites for hydroxylation is 6. The van der Waals surface area contributed by atoms with Gasteiger partial charge in [-0.2, -0.15) is 10.2 Å². The average Bonchev–Trinajstić information content (AvgIpc) is 2.83. The zero-order valence-corrected chi connectivity index (χ0v) is 11.8. The molecule has 0 saturated heterocycles. The number of rotatable bonds is 5. The van der Waals surface area contributed by atoms with Crippen LogP contribution in [0.2, 0.25) is 0 Å². The van der Waals surface area contributed by atoms with Gasteiger partial charge in [-0.25, -0.2) is 0 Å². The SMILES string of the molecule is CCc1cc(C)n(CCCc2cc(C)nn2C)n1. The highest BCUT2D eigenvalue weighted by molar-refractivity contribution is 5.10. The van der Waals surface area contributed by atoms with Crippen LogP contribution in [0.25, 0.3) is 0 Å². The normalized spacial score (nSPS) is 11.1. The first-order chi connectivity index (χ1) is 8.60. The fourth-order valence-electron chi connectivity index (χ4n) is 2.29. The van der Waals surface area contributed by atoms with Crippen LogP contribution in [0.15, 0.2) is 12.1 Å². The van der Waals surface area contributed by atoms with Crippen LogP contribution in [0.5, 0.6) is 0 Å². The van der Waals surface area contributed by atoms with E-state index in [4.69, 9.17) is 0 Å². The third kappa shape index (κ3) is 2.81. The predicted octanol–water partition coefficient (Wildman–Crippen LogP) is 2.43. The van der Waals surface area contributed by atoms with E-state index >= 15 is 0 Å². The first kappa shape index (κ1) is 12.9. The van der Waals surface area contributed by atoms with E-state index in [0.717, 1.165) is 31.5 Å². The quantitative estimate of drug-likeness (QED) is 0.812. The minimum Gasteiger partial charge on any atom is -0.272 e. The minimum atomic E-state index is 0.982. The van der Waals surface area contributed by atoms with Gasteiger partial charge in [0.25, 0.3) is 0 Å². The lowest BCUT2D eigenvalue weighted by Crippen LogP contribution is -2.05. The molecule has 18 heavy (non-hydrogen) atoms. The molecule has 0 aliphatic rings. The second-order valence-electron chi connectivity index (χ2n) is 4.86. The van der Waals surface area contributed by atoms with E-state index in [1.165, 1.54) is 17.1 Å². The standard InChI is InChI=1S/C14H22N4/c1-5-13-10-12(3)18(16-13)8-6-7-14-9-11(2)15-17(14)4/h9-10H,5-8H2,1-4H3. The molecule has 0 radical (unpaired) electrons. The third-order valence-corrected chi connectivity index (χ3v) is 3.30. The maximum absolute atomic E-state index is 4.58. The van der Waals surface area contributed by atoms with Crippen molar-refractivity contribution in [3.05, 3.63) is 34.9 Å². The zero-order chi connectivity index (χ0) is 13.1. The maximum atomic E-state index is 4.58. The smallest absolute Gasteiger partial charge is 0.0624 e. The summed E-state index contributed by atoms with van der Waals surface area (Å²) in [6, 6.07) is 4.33. The van der Waals surface area contributed by atoms with Gasteiger partial charge in [-0.1, -0.05) is 6.92 Å². The van der Waals surface area contributed by atoms with E-state index in [9.17, 15) is 0 Å². The Labute approximate surface area is 109 Å². The van der Waals surface area contributed by atoms with Gasteiger partial charge in [-0.3, -0.25) is 9.36 Å². The van der Waals surface area contributed by atoms with Gasteiger partial charge in [0, 0.05) is 25.0 Å². The lowest BCUT2D eigenvalue weighted by atomic mass is 10.2. The highest BCUT2D eigenvalue weighted by atomic mass is 15.3. The van der Waals surface area contributed by atoms with Crippen molar-refractivity contribution in [3.8, 4) is 0 Å². The van der Waals surface area contributed by atoms with Gasteiger partial charge in [-0.05, 0) is 45.2 Å². The van der Waals surface area contributed by atoms with E-state index in [-0.39, 0.29) is 0 Å². The molecule has 0 aromatic carbocycles. The van der Waals surface area contributed by atoms with Crippen LogP contribution in [0.3, 0.4) is 0 Å². The van der Waals surface area contributed by atoms with E-state index in [1.807, 2.05) is 18.7 Å². The Balaban J connectivity index is 1.92. The lowest BCUT2D eigenvalue weighted by molar-refractivity contribution is 0.548. The van der Waals surface area contributed by atoms with Gasteiger partial charge in [0.2, 0.25) is 0 Å². The Kier molecular flexibility index (Phi) is 3.84. The number of hydrogen-bond donors (Lipinski definition) is 0. The maximum Gasteiger partial charge on any atom is 0.0624 e. The van der Waals surface area contributed by atoms with Crippen molar-refractivity contribution in [1.29, 1.82) is 0 Å². The van der Waals surface area contributed by atoms with Crippen LogP contribution in [-0.2, 0) is 26.4 Å². The second kappa shape index (κ2) is 5.38. The molecule has 0 unspecified atom stereocenters. The van der Waals surface area contributed by atoms with Crippen LogP contribution in [0.4, 0.5) is 0 Å². The molecule has 98 valence electrons. The van der Waals surface area contributed by atoms with Crippen molar-refractivity contribution >= 4 is 0 Å². The van der Waals surface area contributed by atoms with Crippen LogP contribution < -0.4 is 0 Å². The molecule has 0 spiro atoms. The summed E-state index contributed by atoms with van der Waals surface area (Å²) < 4.78 is 4.09. The summed E-state index contributed by atoms with van der Waals surface area (Å²) in [5.74, 6) is 0. The van der Waals surface area contributed by atoms with Crippen molar-refractivity contribution in [2.45, 2.75) is 46.6 Å². The summed E-state index contributed by atoms with van der Waals surface area (Å²) in [5.41, 5.74) is 4.83. The number of hydrogen-bond acceptors (Lipinski definition) is 2. The molecule has 0 saturated carbocycles. The molecule has 4 heteroatoms.